The van der Waals surface area contributed by atoms with E-state index in [2.05, 4.69) is 19.8 Å². The number of rotatable bonds is 8. The molecule has 35 heavy (non-hydrogen) atoms. The van der Waals surface area contributed by atoms with Gasteiger partial charge in [-0.3, -0.25) is 9.69 Å². The van der Waals surface area contributed by atoms with Crippen LogP contribution in [0.15, 0.2) is 57.9 Å². The first-order valence-corrected chi connectivity index (χ1v) is 13.2. The van der Waals surface area contributed by atoms with Gasteiger partial charge in [0, 0.05) is 44.7 Å². The highest BCUT2D eigenvalue weighted by Gasteiger charge is 2.28. The molecule has 0 bridgehead atoms. The number of amides is 1. The van der Waals surface area contributed by atoms with E-state index in [0.29, 0.717) is 43.5 Å². The molecule has 1 amide bonds. The second-order valence-electron chi connectivity index (χ2n) is 8.83. The largest absolute Gasteiger partial charge is 0.340 e. The molecule has 1 aromatic heterocycles. The Balaban J connectivity index is 1.25. The molecule has 1 unspecified atom stereocenters. The Kier molecular flexibility index (Phi) is 7.63. The number of piperazine rings is 1. The summed E-state index contributed by atoms with van der Waals surface area (Å²) in [4.78, 5) is 21.4. The Morgan fingerprint density at radius 2 is 1.80 bits per heavy atom. The monoisotopic (exact) mass is 497 g/mol. The number of sulfonamides is 1. The fourth-order valence-electron chi connectivity index (χ4n) is 4.25. The molecular formula is C25H31N5O4S. The molecule has 1 saturated heterocycles. The summed E-state index contributed by atoms with van der Waals surface area (Å²) in [7, 11) is -3.66. The normalized spacial score (nSPS) is 15.8. The van der Waals surface area contributed by atoms with Gasteiger partial charge in [0.1, 0.15) is 0 Å². The Labute approximate surface area is 206 Å². The van der Waals surface area contributed by atoms with E-state index in [9.17, 15) is 13.2 Å². The van der Waals surface area contributed by atoms with Crippen LogP contribution in [0.1, 0.15) is 36.4 Å². The average Bonchev–Trinajstić information content (AvgIpc) is 3.34. The van der Waals surface area contributed by atoms with E-state index in [-0.39, 0.29) is 29.8 Å². The first kappa shape index (κ1) is 25.0. The van der Waals surface area contributed by atoms with Crippen molar-refractivity contribution in [1.29, 1.82) is 0 Å². The van der Waals surface area contributed by atoms with Gasteiger partial charge in [0.15, 0.2) is 0 Å². The molecule has 2 heterocycles. The summed E-state index contributed by atoms with van der Waals surface area (Å²) in [6, 6.07) is 14.8. The number of hydrogen-bond donors (Lipinski definition) is 1. The summed E-state index contributed by atoms with van der Waals surface area (Å²) in [6.45, 7) is 8.23. The van der Waals surface area contributed by atoms with Gasteiger partial charge >= 0.3 is 0 Å². The fraction of sp³-hybridized carbons (Fsp3) is 0.400. The molecule has 1 N–H and O–H groups in total. The Bertz CT molecular complexity index is 1270. The van der Waals surface area contributed by atoms with E-state index < -0.39 is 10.0 Å². The van der Waals surface area contributed by atoms with E-state index >= 15 is 0 Å². The minimum absolute atomic E-state index is 0.0648. The van der Waals surface area contributed by atoms with Crippen molar-refractivity contribution in [3.8, 4) is 11.4 Å². The molecule has 0 aliphatic carbocycles. The van der Waals surface area contributed by atoms with Crippen LogP contribution >= 0.6 is 0 Å². The summed E-state index contributed by atoms with van der Waals surface area (Å²) < 4.78 is 33.3. The lowest BCUT2D eigenvalue weighted by Gasteiger charge is -2.36. The second-order valence-corrected chi connectivity index (χ2v) is 10.6. The van der Waals surface area contributed by atoms with Crippen molar-refractivity contribution in [2.45, 2.75) is 38.1 Å². The Hall–Kier alpha value is -3.08. The number of carbonyl (C=O) groups excluding carboxylic acids is 1. The predicted octanol–water partition coefficient (Wildman–Crippen LogP) is 2.93. The minimum atomic E-state index is -3.66. The van der Waals surface area contributed by atoms with E-state index in [1.165, 1.54) is 0 Å². The Morgan fingerprint density at radius 3 is 2.49 bits per heavy atom. The van der Waals surface area contributed by atoms with Gasteiger partial charge in [0.25, 0.3) is 0 Å². The van der Waals surface area contributed by atoms with Crippen LogP contribution in [0.5, 0.6) is 0 Å². The third kappa shape index (κ3) is 5.95. The van der Waals surface area contributed by atoms with Crippen LogP contribution < -0.4 is 4.72 Å². The van der Waals surface area contributed by atoms with Gasteiger partial charge in [-0.1, -0.05) is 53.2 Å². The second kappa shape index (κ2) is 10.7. The van der Waals surface area contributed by atoms with Gasteiger partial charge in [-0.25, -0.2) is 13.1 Å². The summed E-state index contributed by atoms with van der Waals surface area (Å²) in [5.74, 6) is 1.04. The Morgan fingerprint density at radius 1 is 1.09 bits per heavy atom. The fourth-order valence-corrected chi connectivity index (χ4v) is 5.51. The van der Waals surface area contributed by atoms with Crippen molar-refractivity contribution < 1.29 is 17.7 Å². The van der Waals surface area contributed by atoms with Crippen LogP contribution in [0.3, 0.4) is 0 Å². The molecule has 1 atom stereocenters. The number of nitrogens with one attached hydrogen (secondary N) is 1. The smallest absolute Gasteiger partial charge is 0.244 e. The number of carbonyl (C=O) groups is 1. The average molecular weight is 498 g/mol. The molecule has 1 aliphatic heterocycles. The molecule has 0 saturated carbocycles. The zero-order valence-corrected chi connectivity index (χ0v) is 21.1. The highest BCUT2D eigenvalue weighted by atomic mass is 32.2. The predicted molar refractivity (Wildman–Crippen MR) is 132 cm³/mol. The molecular weight excluding hydrogens is 466 g/mol. The van der Waals surface area contributed by atoms with Gasteiger partial charge in [-0.2, -0.15) is 4.98 Å². The molecule has 186 valence electrons. The first-order valence-electron chi connectivity index (χ1n) is 11.7. The third-order valence-corrected chi connectivity index (χ3v) is 7.92. The minimum Gasteiger partial charge on any atom is -0.340 e. The molecule has 1 fully saturated rings. The number of aryl methyl sites for hydroxylation is 2. The van der Waals surface area contributed by atoms with E-state index in [1.807, 2.05) is 50.2 Å². The van der Waals surface area contributed by atoms with Crippen LogP contribution in [0.4, 0.5) is 0 Å². The molecule has 9 nitrogen and oxygen atoms in total. The molecule has 1 aliphatic rings. The molecule has 0 radical (unpaired) electrons. The summed E-state index contributed by atoms with van der Waals surface area (Å²) in [6.07, 6.45) is 0.115. The molecule has 10 heteroatoms. The number of benzene rings is 2. The maximum Gasteiger partial charge on any atom is 0.244 e. The standard InChI is InChI=1S/C25H31N5O4S/c1-18-9-10-22(19(2)17-18)35(32,33)26-12-11-23(31)30-15-13-29(14-16-30)20(3)25-27-24(28-34-25)21-7-5-4-6-8-21/h4-10,17,20,26H,11-16H2,1-3H3. The lowest BCUT2D eigenvalue weighted by molar-refractivity contribution is -0.133. The lowest BCUT2D eigenvalue weighted by atomic mass is 10.2. The highest BCUT2D eigenvalue weighted by molar-refractivity contribution is 7.89. The summed E-state index contributed by atoms with van der Waals surface area (Å²) in [5, 5.41) is 4.10. The van der Waals surface area contributed by atoms with Gasteiger partial charge in [0.2, 0.25) is 27.6 Å². The van der Waals surface area contributed by atoms with Crippen LogP contribution in [0, 0.1) is 13.8 Å². The van der Waals surface area contributed by atoms with Crippen LogP contribution in [0.25, 0.3) is 11.4 Å². The number of nitrogens with zero attached hydrogens (tertiary/aromatic N) is 4. The van der Waals surface area contributed by atoms with Crippen molar-refractivity contribution in [3.63, 3.8) is 0 Å². The van der Waals surface area contributed by atoms with Crippen LogP contribution in [-0.4, -0.2) is 67.0 Å². The van der Waals surface area contributed by atoms with E-state index in [1.54, 1.807) is 24.0 Å². The maximum atomic E-state index is 12.7. The summed E-state index contributed by atoms with van der Waals surface area (Å²) in [5.41, 5.74) is 2.59. The maximum absolute atomic E-state index is 12.7. The SMILES string of the molecule is Cc1ccc(S(=O)(=O)NCCC(=O)N2CCN(C(C)c3nc(-c4ccccc4)no3)CC2)c(C)c1. The van der Waals surface area contributed by atoms with Gasteiger partial charge in [0.05, 0.1) is 10.9 Å². The van der Waals surface area contributed by atoms with Crippen molar-refractivity contribution in [3.05, 3.63) is 65.5 Å². The zero-order valence-electron chi connectivity index (χ0n) is 20.3. The lowest BCUT2D eigenvalue weighted by Crippen LogP contribution is -2.49. The number of aromatic nitrogens is 2. The van der Waals surface area contributed by atoms with Gasteiger partial charge < -0.3 is 9.42 Å². The van der Waals surface area contributed by atoms with Crippen molar-refractivity contribution in [2.24, 2.45) is 0 Å². The first-order chi connectivity index (χ1) is 16.7. The molecule has 0 spiro atoms. The zero-order chi connectivity index (χ0) is 25.0. The third-order valence-electron chi connectivity index (χ3n) is 6.30. The van der Waals surface area contributed by atoms with Crippen LogP contribution in [0.2, 0.25) is 0 Å². The van der Waals surface area contributed by atoms with Gasteiger partial charge in [-0.05, 0) is 32.4 Å². The van der Waals surface area contributed by atoms with E-state index in [4.69, 9.17) is 4.52 Å². The van der Waals surface area contributed by atoms with Crippen molar-refractivity contribution in [2.75, 3.05) is 32.7 Å². The van der Waals surface area contributed by atoms with Gasteiger partial charge in [-0.15, -0.1) is 0 Å². The van der Waals surface area contributed by atoms with E-state index in [0.717, 1.165) is 11.1 Å². The molecule has 4 rings (SSSR count). The quantitative estimate of drug-likeness (QED) is 0.510. The van der Waals surface area contributed by atoms with Crippen molar-refractivity contribution in [1.82, 2.24) is 24.7 Å². The topological polar surface area (TPSA) is 109 Å². The summed E-state index contributed by atoms with van der Waals surface area (Å²) >= 11 is 0. The molecule has 2 aromatic carbocycles. The van der Waals surface area contributed by atoms with Crippen molar-refractivity contribution >= 4 is 15.9 Å². The highest BCUT2D eigenvalue weighted by Crippen LogP contribution is 2.23. The van der Waals surface area contributed by atoms with Crippen LogP contribution in [-0.2, 0) is 14.8 Å². The number of hydrogen-bond acceptors (Lipinski definition) is 7. The molecule has 3 aromatic rings.